The molecule has 0 amide bonds. The molecule has 0 saturated heterocycles. The summed E-state index contributed by atoms with van der Waals surface area (Å²) in [4.78, 5) is 27.6. The molecule has 0 N–H and O–H groups in total. The van der Waals surface area contributed by atoms with Gasteiger partial charge < -0.3 is 18.3 Å². The summed E-state index contributed by atoms with van der Waals surface area (Å²) in [5, 5.41) is 0.130. The van der Waals surface area contributed by atoms with Crippen LogP contribution in [0.15, 0.2) is 48.5 Å². The van der Waals surface area contributed by atoms with Crippen molar-refractivity contribution in [2.24, 2.45) is 11.8 Å². The van der Waals surface area contributed by atoms with Crippen molar-refractivity contribution >= 4 is 52.1 Å². The third-order valence-corrected chi connectivity index (χ3v) is 19.9. The lowest BCUT2D eigenvalue weighted by Crippen LogP contribution is -2.52. The Hall–Kier alpha value is -1.89. The van der Waals surface area contributed by atoms with Gasteiger partial charge in [-0.05, 0) is 84.2 Å². The Kier molecular flexibility index (Phi) is 13.0. The van der Waals surface area contributed by atoms with E-state index in [0.29, 0.717) is 24.7 Å². The van der Waals surface area contributed by atoms with E-state index in [1.165, 1.54) is 0 Å². The largest absolute Gasteiger partial charge is 0.544 e. The number of hydrogen-bond acceptors (Lipinski definition) is 8. The summed E-state index contributed by atoms with van der Waals surface area (Å²) >= 11 is 3.27. The number of ether oxygens (including phenoxy) is 2. The third kappa shape index (κ3) is 9.17. The third-order valence-electron chi connectivity index (χ3n) is 10.0. The maximum atomic E-state index is 13.8. The van der Waals surface area contributed by atoms with Crippen LogP contribution in [0.4, 0.5) is 0 Å². The van der Waals surface area contributed by atoms with E-state index < -0.39 is 28.5 Å². The second kappa shape index (κ2) is 15.6. The molecule has 1 aliphatic carbocycles. The van der Waals surface area contributed by atoms with Gasteiger partial charge in [0.05, 0.1) is 11.8 Å². The van der Waals surface area contributed by atoms with Gasteiger partial charge in [0.25, 0.3) is 0 Å². The smallest absolute Gasteiger partial charge is 0.310 e. The maximum absolute atomic E-state index is 13.8. The first-order valence-electron chi connectivity index (χ1n) is 16.2. The minimum atomic E-state index is -2.03. The van der Waals surface area contributed by atoms with Crippen LogP contribution in [0.3, 0.4) is 0 Å². The summed E-state index contributed by atoms with van der Waals surface area (Å²) in [5.41, 5.74) is 1.82. The van der Waals surface area contributed by atoms with Crippen molar-refractivity contribution in [1.29, 1.82) is 0 Å². The zero-order valence-electron chi connectivity index (χ0n) is 30.0. The predicted octanol–water partition coefficient (Wildman–Crippen LogP) is 9.38. The number of esters is 2. The summed E-state index contributed by atoms with van der Waals surface area (Å²) in [7, 11) is -4.06. The quantitative estimate of drug-likeness (QED) is 0.110. The zero-order chi connectivity index (χ0) is 34.5. The highest BCUT2D eigenvalue weighted by Crippen LogP contribution is 2.59. The zero-order valence-corrected chi connectivity index (χ0v) is 33.7. The molecule has 0 heterocycles. The molecule has 3 rings (SSSR count). The van der Waals surface area contributed by atoms with E-state index in [4.69, 9.17) is 18.3 Å². The van der Waals surface area contributed by atoms with Crippen LogP contribution in [0.25, 0.3) is 0 Å². The minimum Gasteiger partial charge on any atom is -0.544 e. The molecular weight excluding hydrogens is 649 g/mol. The molecule has 0 bridgehead atoms. The topological polar surface area (TPSA) is 71.1 Å². The lowest BCUT2D eigenvalue weighted by molar-refractivity contribution is -0.166. The lowest BCUT2D eigenvalue weighted by atomic mass is 9.52. The van der Waals surface area contributed by atoms with Gasteiger partial charge in [0.2, 0.25) is 16.6 Å². The Labute approximate surface area is 288 Å². The first kappa shape index (κ1) is 38.6. The molecule has 6 nitrogen and oxygen atoms in total. The molecule has 0 unspecified atom stereocenters. The first-order valence-corrected chi connectivity index (χ1v) is 24.8. The molecule has 0 aromatic heterocycles. The lowest BCUT2D eigenvalue weighted by Gasteiger charge is -2.49. The first-order chi connectivity index (χ1) is 21.3. The minimum absolute atomic E-state index is 0.0649. The summed E-state index contributed by atoms with van der Waals surface area (Å²) in [6.45, 7) is 22.9. The van der Waals surface area contributed by atoms with Gasteiger partial charge >= 0.3 is 11.9 Å². The van der Waals surface area contributed by atoms with E-state index in [-0.39, 0.29) is 33.9 Å². The van der Waals surface area contributed by atoms with Gasteiger partial charge in [-0.15, -0.1) is 0 Å². The average Bonchev–Trinajstić information content (AvgIpc) is 2.93. The summed E-state index contributed by atoms with van der Waals surface area (Å²) in [6, 6.07) is 15.9. The van der Waals surface area contributed by atoms with Crippen LogP contribution in [-0.2, 0) is 19.1 Å². The number of hydrogen-bond donors (Lipinski definition) is 0. The molecule has 1 aliphatic rings. The van der Waals surface area contributed by atoms with Gasteiger partial charge in [-0.3, -0.25) is 9.59 Å². The van der Waals surface area contributed by atoms with Crippen molar-refractivity contribution < 1.29 is 27.9 Å². The van der Waals surface area contributed by atoms with Crippen molar-refractivity contribution in [2.75, 3.05) is 37.2 Å². The fourth-order valence-electron chi connectivity index (χ4n) is 5.22. The van der Waals surface area contributed by atoms with E-state index >= 15 is 0 Å². The van der Waals surface area contributed by atoms with E-state index in [1.807, 2.05) is 61.0 Å². The second-order valence-electron chi connectivity index (χ2n) is 15.3. The number of carbonyl (C=O) groups is 2. The SMILES string of the molecule is CSCCOC(=O)C1C(c2ccc(O[Si](C)(C)C(C)(C)C)cc2)C(C(=O)OCCSC)C1c1ccc(O[Si](C)(C)C(C)(C)C)cc1. The van der Waals surface area contributed by atoms with Gasteiger partial charge in [-0.1, -0.05) is 65.8 Å². The monoisotopic (exact) mass is 704 g/mol. The van der Waals surface area contributed by atoms with Gasteiger partial charge in [-0.2, -0.15) is 23.5 Å². The number of benzene rings is 2. The van der Waals surface area contributed by atoms with Crippen LogP contribution in [0.2, 0.25) is 36.3 Å². The summed E-state index contributed by atoms with van der Waals surface area (Å²) < 4.78 is 24.7. The Bertz CT molecular complexity index is 1190. The van der Waals surface area contributed by atoms with Crippen LogP contribution in [-0.4, -0.2) is 65.8 Å². The Morgan fingerprint density at radius 1 is 0.609 bits per heavy atom. The molecular formula is C36H56O6S2Si2. The molecule has 46 heavy (non-hydrogen) atoms. The molecule has 2 aromatic carbocycles. The molecule has 0 aliphatic heterocycles. The Morgan fingerprint density at radius 3 is 1.17 bits per heavy atom. The van der Waals surface area contributed by atoms with Crippen LogP contribution in [0.1, 0.15) is 64.5 Å². The molecule has 1 saturated carbocycles. The van der Waals surface area contributed by atoms with Crippen LogP contribution in [0.5, 0.6) is 11.5 Å². The average molecular weight is 705 g/mol. The fourth-order valence-corrected chi connectivity index (χ4v) is 7.78. The fraction of sp³-hybridized carbons (Fsp3) is 0.611. The van der Waals surface area contributed by atoms with Crippen molar-refractivity contribution in [3.63, 3.8) is 0 Å². The number of thioether (sulfide) groups is 2. The number of rotatable bonds is 14. The Balaban J connectivity index is 2.01. The van der Waals surface area contributed by atoms with Gasteiger partial charge in [-0.25, -0.2) is 0 Å². The molecule has 10 heteroatoms. The second-order valence-corrected chi connectivity index (χ2v) is 26.7. The summed E-state index contributed by atoms with van der Waals surface area (Å²) in [5.74, 6) is 0.681. The Morgan fingerprint density at radius 2 is 0.913 bits per heavy atom. The van der Waals surface area contributed by atoms with Crippen molar-refractivity contribution in [2.45, 2.75) is 89.6 Å². The van der Waals surface area contributed by atoms with Crippen molar-refractivity contribution in [3.05, 3.63) is 59.7 Å². The van der Waals surface area contributed by atoms with Gasteiger partial charge in [0.15, 0.2) is 0 Å². The van der Waals surface area contributed by atoms with Crippen molar-refractivity contribution in [1.82, 2.24) is 0 Å². The van der Waals surface area contributed by atoms with Crippen LogP contribution < -0.4 is 8.85 Å². The highest BCUT2D eigenvalue weighted by molar-refractivity contribution is 7.98. The van der Waals surface area contributed by atoms with Crippen LogP contribution in [0, 0.1) is 11.8 Å². The molecule has 0 atom stereocenters. The molecule has 1 fully saturated rings. The van der Waals surface area contributed by atoms with E-state index in [9.17, 15) is 9.59 Å². The molecule has 0 radical (unpaired) electrons. The highest BCUT2D eigenvalue weighted by atomic mass is 32.2. The summed E-state index contributed by atoms with van der Waals surface area (Å²) in [6.07, 6.45) is 3.98. The number of carbonyl (C=O) groups excluding carboxylic acids is 2. The van der Waals surface area contributed by atoms with Gasteiger partial charge in [0, 0.05) is 23.3 Å². The van der Waals surface area contributed by atoms with Crippen LogP contribution >= 0.6 is 23.5 Å². The van der Waals surface area contributed by atoms with Crippen molar-refractivity contribution in [3.8, 4) is 11.5 Å². The standard InChI is InChI=1S/C36H56O6S2Si2/c1-35(2,3)45(9,10)41-27-17-13-25(14-18-27)29-31(33(37)39-21-23-43-7)30(32(29)34(38)40-22-24-44-8)26-15-19-28(20-16-26)42-46(11,12)36(4,5)6/h13-20,29-32H,21-24H2,1-12H3. The van der Waals surface area contributed by atoms with E-state index in [1.54, 1.807) is 23.5 Å². The molecule has 0 spiro atoms. The van der Waals surface area contributed by atoms with E-state index in [0.717, 1.165) is 22.6 Å². The van der Waals surface area contributed by atoms with Gasteiger partial charge in [0.1, 0.15) is 24.7 Å². The van der Waals surface area contributed by atoms with E-state index in [2.05, 4.69) is 67.7 Å². The highest BCUT2D eigenvalue weighted by Gasteiger charge is 2.59. The molecule has 256 valence electrons. The normalized spacial score (nSPS) is 20.4. The molecule has 2 aromatic rings. The predicted molar refractivity (Wildman–Crippen MR) is 200 cm³/mol. The maximum Gasteiger partial charge on any atom is 0.310 e.